The zero-order valence-corrected chi connectivity index (χ0v) is 14.5. The number of hydrogen-bond acceptors (Lipinski definition) is 2. The van der Waals surface area contributed by atoms with Gasteiger partial charge in [0.05, 0.1) is 5.52 Å². The number of H-pyrrole nitrogens is 1. The smallest absolute Gasteiger partial charge is 0.422 e. The van der Waals surface area contributed by atoms with E-state index in [1.54, 1.807) is 12.1 Å². The van der Waals surface area contributed by atoms with Gasteiger partial charge < -0.3 is 15.0 Å². The molecule has 2 N–H and O–H groups in total. The maximum absolute atomic E-state index is 13.7. The summed E-state index contributed by atoms with van der Waals surface area (Å²) >= 11 is 0. The van der Waals surface area contributed by atoms with Crippen molar-refractivity contribution in [2.45, 2.75) is 19.1 Å². The second-order valence-electron chi connectivity index (χ2n) is 6.20. The van der Waals surface area contributed by atoms with E-state index in [1.165, 1.54) is 18.3 Å². The van der Waals surface area contributed by atoms with Crippen molar-refractivity contribution >= 4 is 10.9 Å². The minimum absolute atomic E-state index is 0.0941. The van der Waals surface area contributed by atoms with Crippen LogP contribution in [0.5, 0.6) is 5.75 Å². The zero-order valence-electron chi connectivity index (χ0n) is 14.5. The monoisotopic (exact) mass is 402 g/mol. The molecule has 0 bridgehead atoms. The van der Waals surface area contributed by atoms with Gasteiger partial charge in [-0.2, -0.15) is 13.2 Å². The summed E-state index contributed by atoms with van der Waals surface area (Å²) in [7, 11) is 0. The van der Waals surface area contributed by atoms with Crippen molar-refractivity contribution in [2.75, 3.05) is 13.2 Å². The molecule has 3 rings (SSSR count). The van der Waals surface area contributed by atoms with Gasteiger partial charge in [-0.1, -0.05) is 12.1 Å². The molecule has 0 fully saturated rings. The van der Waals surface area contributed by atoms with Gasteiger partial charge in [0, 0.05) is 18.1 Å². The van der Waals surface area contributed by atoms with Crippen LogP contribution in [0.3, 0.4) is 0 Å². The van der Waals surface area contributed by atoms with Crippen LogP contribution in [0.4, 0.5) is 26.3 Å². The highest BCUT2D eigenvalue weighted by Gasteiger charge is 2.28. The van der Waals surface area contributed by atoms with Gasteiger partial charge in [0.1, 0.15) is 5.75 Å². The molecule has 0 atom stereocenters. The molecule has 0 aliphatic rings. The molecular formula is C19H16F6N2O. The molecule has 0 saturated heterocycles. The number of rotatable bonds is 7. The number of aromatic amines is 1. The number of ether oxygens (including phenoxy) is 1. The Morgan fingerprint density at radius 1 is 1.04 bits per heavy atom. The Morgan fingerprint density at radius 2 is 1.82 bits per heavy atom. The summed E-state index contributed by atoms with van der Waals surface area (Å²) in [6.07, 6.45) is -2.51. The fraction of sp³-hybridized carbons (Fsp3) is 0.263. The summed E-state index contributed by atoms with van der Waals surface area (Å²) in [5.41, 5.74) is 1.24. The molecule has 9 heteroatoms. The maximum atomic E-state index is 13.7. The van der Waals surface area contributed by atoms with Gasteiger partial charge in [-0.3, -0.25) is 0 Å². The Bertz CT molecular complexity index is 967. The predicted molar refractivity (Wildman–Crippen MR) is 91.6 cm³/mol. The highest BCUT2D eigenvalue weighted by atomic mass is 19.4. The molecule has 0 spiro atoms. The molecule has 28 heavy (non-hydrogen) atoms. The van der Waals surface area contributed by atoms with E-state index in [-0.39, 0.29) is 16.7 Å². The Balaban J connectivity index is 1.56. The van der Waals surface area contributed by atoms with Gasteiger partial charge >= 0.3 is 6.18 Å². The van der Waals surface area contributed by atoms with Crippen molar-refractivity contribution in [3.63, 3.8) is 0 Å². The first-order valence-corrected chi connectivity index (χ1v) is 8.37. The lowest BCUT2D eigenvalue weighted by Gasteiger charge is -2.10. The van der Waals surface area contributed by atoms with E-state index in [1.807, 2.05) is 0 Å². The van der Waals surface area contributed by atoms with Gasteiger partial charge in [0.2, 0.25) is 0 Å². The van der Waals surface area contributed by atoms with E-state index in [9.17, 15) is 26.3 Å². The lowest BCUT2D eigenvalue weighted by Crippen LogP contribution is -2.19. The molecular weight excluding hydrogens is 386 g/mol. The van der Waals surface area contributed by atoms with E-state index in [0.717, 1.165) is 11.6 Å². The summed E-state index contributed by atoms with van der Waals surface area (Å²) in [6.45, 7) is -0.567. The van der Waals surface area contributed by atoms with Crippen LogP contribution in [-0.4, -0.2) is 24.3 Å². The van der Waals surface area contributed by atoms with Crippen LogP contribution in [0.1, 0.15) is 11.1 Å². The Morgan fingerprint density at radius 3 is 2.57 bits per heavy atom. The lowest BCUT2D eigenvalue weighted by atomic mass is 10.1. The van der Waals surface area contributed by atoms with Crippen LogP contribution in [0.15, 0.2) is 36.5 Å². The Labute approximate surface area is 156 Å². The second kappa shape index (κ2) is 8.14. The minimum Gasteiger partial charge on any atom is -0.484 e. The molecule has 0 radical (unpaired) electrons. The van der Waals surface area contributed by atoms with Crippen LogP contribution >= 0.6 is 0 Å². The van der Waals surface area contributed by atoms with E-state index in [2.05, 4.69) is 10.3 Å². The number of nitrogens with one attached hydrogen (secondary N) is 2. The average molecular weight is 402 g/mol. The topological polar surface area (TPSA) is 37.0 Å². The molecule has 0 aliphatic heterocycles. The molecule has 3 nitrogen and oxygen atoms in total. The van der Waals surface area contributed by atoms with Gasteiger partial charge in [-0.25, -0.2) is 13.2 Å². The number of alkyl halides is 3. The largest absolute Gasteiger partial charge is 0.484 e. The van der Waals surface area contributed by atoms with E-state index in [4.69, 9.17) is 4.74 Å². The average Bonchev–Trinajstić information content (AvgIpc) is 3.04. The van der Waals surface area contributed by atoms with Crippen molar-refractivity contribution in [1.82, 2.24) is 10.3 Å². The summed E-state index contributed by atoms with van der Waals surface area (Å²) in [5, 5.41) is 3.36. The van der Waals surface area contributed by atoms with Crippen LogP contribution in [0.2, 0.25) is 0 Å². The second-order valence-corrected chi connectivity index (χ2v) is 6.20. The normalized spacial score (nSPS) is 11.9. The fourth-order valence-corrected chi connectivity index (χ4v) is 2.80. The number of hydrogen-bond donors (Lipinski definition) is 2. The molecule has 2 aromatic carbocycles. The van der Waals surface area contributed by atoms with E-state index in [0.29, 0.717) is 25.1 Å². The van der Waals surface area contributed by atoms with Crippen LogP contribution in [-0.2, 0) is 13.0 Å². The van der Waals surface area contributed by atoms with Gasteiger partial charge in [-0.05, 0) is 42.3 Å². The third-order valence-corrected chi connectivity index (χ3v) is 4.10. The first kappa shape index (κ1) is 20.1. The summed E-state index contributed by atoms with van der Waals surface area (Å²) in [6, 6.07) is 7.19. The summed E-state index contributed by atoms with van der Waals surface area (Å²) in [5.74, 6) is -3.92. The van der Waals surface area contributed by atoms with Gasteiger partial charge in [0.25, 0.3) is 0 Å². The van der Waals surface area contributed by atoms with Crippen molar-refractivity contribution < 1.29 is 31.1 Å². The molecule has 0 aliphatic carbocycles. The molecule has 3 aromatic rings. The van der Waals surface area contributed by atoms with Crippen molar-refractivity contribution in [3.8, 4) is 5.75 Å². The third kappa shape index (κ3) is 4.78. The molecule has 0 saturated carbocycles. The number of aromatic nitrogens is 1. The van der Waals surface area contributed by atoms with E-state index < -0.39 is 30.2 Å². The van der Waals surface area contributed by atoms with Crippen molar-refractivity contribution in [2.24, 2.45) is 0 Å². The van der Waals surface area contributed by atoms with Crippen LogP contribution in [0, 0.1) is 17.5 Å². The highest BCUT2D eigenvalue weighted by Crippen LogP contribution is 2.25. The van der Waals surface area contributed by atoms with Crippen LogP contribution < -0.4 is 10.1 Å². The number of benzene rings is 2. The zero-order chi connectivity index (χ0) is 20.3. The Hall–Kier alpha value is -2.68. The number of fused-ring (bicyclic) bond motifs is 1. The lowest BCUT2D eigenvalue weighted by molar-refractivity contribution is -0.153. The minimum atomic E-state index is -4.41. The van der Waals surface area contributed by atoms with Crippen molar-refractivity contribution in [1.29, 1.82) is 0 Å². The third-order valence-electron chi connectivity index (χ3n) is 4.10. The number of halogens is 6. The first-order valence-electron chi connectivity index (χ1n) is 8.37. The predicted octanol–water partition coefficient (Wildman–Crippen LogP) is 4.86. The molecule has 0 amide bonds. The molecule has 150 valence electrons. The maximum Gasteiger partial charge on any atom is 0.422 e. The fourth-order valence-electron chi connectivity index (χ4n) is 2.80. The standard InChI is InChI=1S/C19H16F6N2O/c20-15-7-14-12(9-27-18(14)17(22)16(15)21)4-5-26-8-11-2-1-3-13(6-11)28-10-19(23,24)25/h1-3,6-7,9,26-27H,4-5,8,10H2. The highest BCUT2D eigenvalue weighted by molar-refractivity contribution is 5.84. The Kier molecular flexibility index (Phi) is 5.83. The van der Waals surface area contributed by atoms with Crippen LogP contribution in [0.25, 0.3) is 10.9 Å². The summed E-state index contributed by atoms with van der Waals surface area (Å²) < 4.78 is 81.7. The summed E-state index contributed by atoms with van der Waals surface area (Å²) in [4.78, 5) is 2.60. The quantitative estimate of drug-likeness (QED) is 0.337. The molecule has 1 aromatic heterocycles. The molecule has 0 unspecified atom stereocenters. The van der Waals surface area contributed by atoms with Gasteiger partial charge in [-0.15, -0.1) is 0 Å². The van der Waals surface area contributed by atoms with E-state index >= 15 is 0 Å². The van der Waals surface area contributed by atoms with Gasteiger partial charge in [0.15, 0.2) is 24.1 Å². The first-order chi connectivity index (χ1) is 13.2. The molecule has 1 heterocycles. The SMILES string of the molecule is Fc1cc2c(CCNCc3cccc(OCC(F)(F)F)c3)c[nH]c2c(F)c1F. The van der Waals surface area contributed by atoms with Crippen molar-refractivity contribution in [3.05, 3.63) is 65.1 Å².